The van der Waals surface area contributed by atoms with Gasteiger partial charge in [-0.15, -0.1) is 0 Å². The molecule has 0 unspecified atom stereocenters. The molecule has 96 valence electrons. The minimum atomic E-state index is -0.321. The molecule has 1 aromatic rings. The molecule has 0 aliphatic carbocycles. The van der Waals surface area contributed by atoms with Gasteiger partial charge in [0.2, 0.25) is 0 Å². The molecule has 2 rings (SSSR count). The van der Waals surface area contributed by atoms with Crippen LogP contribution in [0.25, 0.3) is 0 Å². The van der Waals surface area contributed by atoms with Gasteiger partial charge in [-0.1, -0.05) is 6.07 Å². The van der Waals surface area contributed by atoms with E-state index in [1.807, 2.05) is 18.2 Å². The predicted octanol–water partition coefficient (Wildman–Crippen LogP) is 0.495. The Morgan fingerprint density at radius 1 is 1.28 bits per heavy atom. The molecule has 0 saturated carbocycles. The van der Waals surface area contributed by atoms with Crippen molar-refractivity contribution in [2.24, 2.45) is 10.7 Å². The monoisotopic (exact) mass is 266 g/mol. The molecule has 1 aliphatic heterocycles. The highest BCUT2D eigenvalue weighted by molar-refractivity contribution is 7.80. The molecular formula is C11H14N4O2S. The van der Waals surface area contributed by atoms with Crippen molar-refractivity contribution < 1.29 is 9.47 Å². The van der Waals surface area contributed by atoms with Crippen molar-refractivity contribution >= 4 is 23.3 Å². The summed E-state index contributed by atoms with van der Waals surface area (Å²) in [4.78, 5) is 4.22. The third-order valence-electron chi connectivity index (χ3n) is 2.50. The van der Waals surface area contributed by atoms with Crippen molar-refractivity contribution in [1.82, 2.24) is 10.6 Å². The molecular weight excluding hydrogens is 252 g/mol. The summed E-state index contributed by atoms with van der Waals surface area (Å²) < 4.78 is 10.4. The molecule has 0 aromatic heterocycles. The number of benzene rings is 1. The molecule has 0 amide bonds. The summed E-state index contributed by atoms with van der Waals surface area (Å²) in [7, 11) is 3.17. The fraction of sp³-hybridized carbons (Fsp3) is 0.273. The minimum Gasteiger partial charge on any atom is -0.493 e. The van der Waals surface area contributed by atoms with Gasteiger partial charge in [0, 0.05) is 5.56 Å². The third-order valence-corrected chi connectivity index (χ3v) is 2.72. The van der Waals surface area contributed by atoms with Crippen molar-refractivity contribution in [3.63, 3.8) is 0 Å². The average Bonchev–Trinajstić information content (AvgIpc) is 2.36. The maximum Gasteiger partial charge on any atom is 0.197 e. The number of guanidine groups is 1. The predicted molar refractivity (Wildman–Crippen MR) is 72.8 cm³/mol. The number of thiocarbonyl (C=S) groups is 1. The Morgan fingerprint density at radius 2 is 2.00 bits per heavy atom. The van der Waals surface area contributed by atoms with Crippen molar-refractivity contribution in [3.8, 4) is 11.5 Å². The molecule has 7 heteroatoms. The van der Waals surface area contributed by atoms with Crippen LogP contribution in [0.4, 0.5) is 0 Å². The van der Waals surface area contributed by atoms with Crippen LogP contribution in [0.15, 0.2) is 23.2 Å². The first kappa shape index (κ1) is 12.4. The fourth-order valence-corrected chi connectivity index (χ4v) is 1.88. The van der Waals surface area contributed by atoms with Crippen LogP contribution in [0.1, 0.15) is 11.7 Å². The van der Waals surface area contributed by atoms with Crippen LogP contribution in [0, 0.1) is 0 Å². The van der Waals surface area contributed by atoms with Crippen LogP contribution < -0.4 is 25.8 Å². The summed E-state index contributed by atoms with van der Waals surface area (Å²) in [6, 6.07) is 5.53. The van der Waals surface area contributed by atoms with E-state index in [4.69, 9.17) is 27.4 Å². The first-order chi connectivity index (χ1) is 8.63. The van der Waals surface area contributed by atoms with E-state index in [1.165, 1.54) is 0 Å². The summed E-state index contributed by atoms with van der Waals surface area (Å²) in [5.74, 6) is 1.59. The molecule has 0 saturated heterocycles. The van der Waals surface area contributed by atoms with E-state index in [2.05, 4.69) is 15.6 Å². The number of nitrogens with two attached hydrogens (primary N) is 1. The molecule has 0 bridgehead atoms. The Labute approximate surface area is 110 Å². The number of aliphatic imine (C=N–C) groups is 1. The lowest BCUT2D eigenvalue weighted by molar-refractivity contribution is 0.354. The minimum absolute atomic E-state index is 0.290. The zero-order valence-corrected chi connectivity index (χ0v) is 10.9. The first-order valence-corrected chi connectivity index (χ1v) is 5.67. The van der Waals surface area contributed by atoms with Gasteiger partial charge in [0.1, 0.15) is 6.17 Å². The fourth-order valence-electron chi connectivity index (χ4n) is 1.66. The number of hydrogen-bond donors (Lipinski definition) is 3. The van der Waals surface area contributed by atoms with E-state index in [0.29, 0.717) is 22.6 Å². The Kier molecular flexibility index (Phi) is 3.52. The molecule has 0 spiro atoms. The molecule has 1 heterocycles. The van der Waals surface area contributed by atoms with Crippen LogP contribution >= 0.6 is 12.2 Å². The molecule has 1 atom stereocenters. The summed E-state index contributed by atoms with van der Waals surface area (Å²) in [5.41, 5.74) is 6.52. The maximum atomic E-state index is 5.63. The number of methoxy groups -OCH3 is 2. The molecule has 0 fully saturated rings. The second-order valence-corrected chi connectivity index (χ2v) is 4.04. The standard InChI is InChI=1S/C11H14N4O2S/c1-16-7-4-3-6(5-8(7)17-2)9-13-10(12)15-11(18)14-9/h3-5,9H,1-2H3,(H4,12,13,14,15,18)/t9-/m1/s1. The van der Waals surface area contributed by atoms with E-state index in [0.717, 1.165) is 5.56 Å². The number of nitrogens with zero attached hydrogens (tertiary/aromatic N) is 1. The second-order valence-electron chi connectivity index (χ2n) is 3.63. The summed E-state index contributed by atoms with van der Waals surface area (Å²) in [6.07, 6.45) is -0.321. The average molecular weight is 266 g/mol. The first-order valence-electron chi connectivity index (χ1n) is 5.26. The largest absolute Gasteiger partial charge is 0.493 e. The Hall–Kier alpha value is -2.02. The highest BCUT2D eigenvalue weighted by atomic mass is 32.1. The molecule has 18 heavy (non-hydrogen) atoms. The summed E-state index contributed by atoms with van der Waals surface area (Å²) >= 11 is 5.03. The second kappa shape index (κ2) is 5.09. The van der Waals surface area contributed by atoms with E-state index >= 15 is 0 Å². The van der Waals surface area contributed by atoms with Crippen LogP contribution in [0.5, 0.6) is 11.5 Å². The van der Waals surface area contributed by atoms with E-state index in [9.17, 15) is 0 Å². The number of hydrogen-bond acceptors (Lipinski definition) is 5. The normalized spacial score (nSPS) is 18.4. The van der Waals surface area contributed by atoms with Gasteiger partial charge < -0.3 is 25.8 Å². The van der Waals surface area contributed by atoms with Crippen molar-refractivity contribution in [2.45, 2.75) is 6.17 Å². The molecule has 1 aromatic carbocycles. The maximum absolute atomic E-state index is 5.63. The summed E-state index contributed by atoms with van der Waals surface area (Å²) in [6.45, 7) is 0. The van der Waals surface area contributed by atoms with Gasteiger partial charge in [-0.3, -0.25) is 0 Å². The van der Waals surface area contributed by atoms with E-state index in [-0.39, 0.29) is 6.17 Å². The highest BCUT2D eigenvalue weighted by Crippen LogP contribution is 2.30. The van der Waals surface area contributed by atoms with Crippen molar-refractivity contribution in [3.05, 3.63) is 23.8 Å². The molecule has 6 nitrogen and oxygen atoms in total. The smallest absolute Gasteiger partial charge is 0.197 e. The highest BCUT2D eigenvalue weighted by Gasteiger charge is 2.18. The van der Waals surface area contributed by atoms with Gasteiger partial charge in [0.25, 0.3) is 0 Å². The zero-order valence-electron chi connectivity index (χ0n) is 10.1. The van der Waals surface area contributed by atoms with Crippen molar-refractivity contribution in [2.75, 3.05) is 14.2 Å². The quantitative estimate of drug-likeness (QED) is 0.691. The molecule has 1 aliphatic rings. The van der Waals surface area contributed by atoms with Gasteiger partial charge in [-0.25, -0.2) is 4.99 Å². The molecule has 4 N–H and O–H groups in total. The van der Waals surface area contributed by atoms with Crippen molar-refractivity contribution in [1.29, 1.82) is 0 Å². The lowest BCUT2D eigenvalue weighted by Gasteiger charge is -2.23. The van der Waals surface area contributed by atoms with E-state index in [1.54, 1.807) is 14.2 Å². The van der Waals surface area contributed by atoms with Gasteiger partial charge in [0.05, 0.1) is 14.2 Å². The Morgan fingerprint density at radius 3 is 2.61 bits per heavy atom. The van der Waals surface area contributed by atoms with Crippen LogP contribution in [-0.2, 0) is 0 Å². The van der Waals surface area contributed by atoms with E-state index < -0.39 is 0 Å². The zero-order chi connectivity index (χ0) is 13.1. The van der Waals surface area contributed by atoms with Gasteiger partial charge >= 0.3 is 0 Å². The Bertz CT molecular complexity index is 504. The molecule has 0 radical (unpaired) electrons. The number of nitrogens with one attached hydrogen (secondary N) is 2. The Balaban J connectivity index is 2.34. The van der Waals surface area contributed by atoms with Gasteiger partial charge in [0.15, 0.2) is 22.6 Å². The SMILES string of the molecule is COc1ccc([C@@H]2N=C(N)NC(=S)N2)cc1OC. The van der Waals surface area contributed by atoms with Crippen LogP contribution in [-0.4, -0.2) is 25.3 Å². The van der Waals surface area contributed by atoms with Crippen LogP contribution in [0.2, 0.25) is 0 Å². The summed E-state index contributed by atoms with van der Waals surface area (Å²) in [5, 5.41) is 6.18. The number of ether oxygens (including phenoxy) is 2. The lowest BCUT2D eigenvalue weighted by Crippen LogP contribution is -2.49. The third kappa shape index (κ3) is 2.45. The van der Waals surface area contributed by atoms with Crippen LogP contribution in [0.3, 0.4) is 0 Å². The number of rotatable bonds is 3. The van der Waals surface area contributed by atoms with Gasteiger partial charge in [-0.2, -0.15) is 0 Å². The van der Waals surface area contributed by atoms with Gasteiger partial charge in [-0.05, 0) is 24.4 Å². The topological polar surface area (TPSA) is 80.9 Å². The lowest BCUT2D eigenvalue weighted by atomic mass is 10.1.